The highest BCUT2D eigenvalue weighted by molar-refractivity contribution is 6.15. The maximum absolute atomic E-state index is 12.5. The van der Waals surface area contributed by atoms with E-state index in [9.17, 15) is 9.59 Å². The second kappa shape index (κ2) is 6.54. The third-order valence-electron chi connectivity index (χ3n) is 3.91. The highest BCUT2D eigenvalue weighted by Gasteiger charge is 2.25. The quantitative estimate of drug-likeness (QED) is 0.682. The summed E-state index contributed by atoms with van der Waals surface area (Å²) in [5, 5.41) is 1.72. The molecule has 0 heterocycles. The van der Waals surface area contributed by atoms with Crippen LogP contribution in [0.5, 0.6) is 0 Å². The zero-order valence-electron chi connectivity index (χ0n) is 13.4. The molecular formula is C20H16O4. The third kappa shape index (κ3) is 2.63. The summed E-state index contributed by atoms with van der Waals surface area (Å²) < 4.78 is 9.80. The Balaban J connectivity index is 2.49. The van der Waals surface area contributed by atoms with Gasteiger partial charge in [-0.2, -0.15) is 0 Å². The molecule has 4 heteroatoms. The fourth-order valence-corrected chi connectivity index (χ4v) is 2.84. The molecule has 0 aliphatic heterocycles. The molecule has 24 heavy (non-hydrogen) atoms. The van der Waals surface area contributed by atoms with Crippen molar-refractivity contribution in [3.8, 4) is 11.1 Å². The summed E-state index contributed by atoms with van der Waals surface area (Å²) in [5.41, 5.74) is 1.91. The van der Waals surface area contributed by atoms with Crippen LogP contribution in [0, 0.1) is 0 Å². The summed E-state index contributed by atoms with van der Waals surface area (Å²) in [6.45, 7) is 0. The van der Waals surface area contributed by atoms with Crippen LogP contribution in [0.2, 0.25) is 0 Å². The van der Waals surface area contributed by atoms with Gasteiger partial charge in [0.1, 0.15) is 0 Å². The molecule has 3 aromatic rings. The number of hydrogen-bond acceptors (Lipinski definition) is 4. The zero-order valence-corrected chi connectivity index (χ0v) is 13.4. The van der Waals surface area contributed by atoms with Gasteiger partial charge >= 0.3 is 11.9 Å². The smallest absolute Gasteiger partial charge is 0.339 e. The molecule has 0 N–H and O–H groups in total. The van der Waals surface area contributed by atoms with Crippen molar-refractivity contribution in [2.45, 2.75) is 0 Å². The summed E-state index contributed by atoms with van der Waals surface area (Å²) in [4.78, 5) is 24.7. The van der Waals surface area contributed by atoms with E-state index >= 15 is 0 Å². The van der Waals surface area contributed by atoms with Gasteiger partial charge in [-0.1, -0.05) is 54.6 Å². The molecule has 0 bridgehead atoms. The number of fused-ring (bicyclic) bond motifs is 1. The van der Waals surface area contributed by atoms with Crippen LogP contribution in [0.3, 0.4) is 0 Å². The maximum atomic E-state index is 12.5. The van der Waals surface area contributed by atoms with E-state index in [0.29, 0.717) is 5.56 Å². The van der Waals surface area contributed by atoms with E-state index in [0.717, 1.165) is 16.3 Å². The Morgan fingerprint density at radius 2 is 1.42 bits per heavy atom. The molecule has 0 radical (unpaired) electrons. The lowest BCUT2D eigenvalue weighted by Gasteiger charge is -2.16. The number of benzene rings is 3. The highest BCUT2D eigenvalue weighted by atomic mass is 16.5. The SMILES string of the molecule is COC(=O)c1cc2ccccc2c(-c2ccccc2)c1C(=O)OC. The van der Waals surface area contributed by atoms with E-state index < -0.39 is 11.9 Å². The topological polar surface area (TPSA) is 52.6 Å². The standard InChI is InChI=1S/C20H16O4/c1-23-19(21)16-12-14-10-6-7-11-15(14)17(18(16)20(22)24-2)13-8-4-3-5-9-13/h3-12H,1-2H3. The molecule has 0 spiro atoms. The van der Waals surface area contributed by atoms with Crippen LogP contribution in [0.25, 0.3) is 21.9 Å². The average molecular weight is 320 g/mol. The van der Waals surface area contributed by atoms with Crippen LogP contribution in [-0.4, -0.2) is 26.2 Å². The predicted molar refractivity (Wildman–Crippen MR) is 92.1 cm³/mol. The first kappa shape index (κ1) is 15.7. The molecule has 0 saturated heterocycles. The van der Waals surface area contributed by atoms with Gasteiger partial charge in [-0.15, -0.1) is 0 Å². The first-order valence-corrected chi connectivity index (χ1v) is 7.45. The Kier molecular flexibility index (Phi) is 4.29. The van der Waals surface area contributed by atoms with Gasteiger partial charge in [0.05, 0.1) is 25.3 Å². The molecule has 0 unspecified atom stereocenters. The van der Waals surface area contributed by atoms with Gasteiger partial charge in [-0.05, 0) is 22.4 Å². The number of esters is 2. The molecule has 0 fully saturated rings. The molecule has 0 aromatic heterocycles. The van der Waals surface area contributed by atoms with E-state index in [2.05, 4.69) is 0 Å². The molecule has 4 nitrogen and oxygen atoms in total. The molecular weight excluding hydrogens is 304 g/mol. The second-order valence-corrected chi connectivity index (χ2v) is 5.24. The summed E-state index contributed by atoms with van der Waals surface area (Å²) >= 11 is 0. The largest absolute Gasteiger partial charge is 0.465 e. The monoisotopic (exact) mass is 320 g/mol. The predicted octanol–water partition coefficient (Wildman–Crippen LogP) is 4.08. The zero-order chi connectivity index (χ0) is 17.1. The summed E-state index contributed by atoms with van der Waals surface area (Å²) in [5.74, 6) is -1.14. The van der Waals surface area contributed by atoms with Crippen LogP contribution in [0.4, 0.5) is 0 Å². The van der Waals surface area contributed by atoms with Gasteiger partial charge in [0.25, 0.3) is 0 Å². The van der Waals surface area contributed by atoms with Gasteiger partial charge in [-0.25, -0.2) is 9.59 Å². The molecule has 0 saturated carbocycles. The van der Waals surface area contributed by atoms with E-state index in [4.69, 9.17) is 9.47 Å². The first-order chi connectivity index (χ1) is 11.7. The number of hydrogen-bond donors (Lipinski definition) is 0. The lowest BCUT2D eigenvalue weighted by Crippen LogP contribution is -2.14. The van der Waals surface area contributed by atoms with Gasteiger partial charge in [0, 0.05) is 5.56 Å². The minimum Gasteiger partial charge on any atom is -0.465 e. The van der Waals surface area contributed by atoms with Gasteiger partial charge in [0.15, 0.2) is 0 Å². The van der Waals surface area contributed by atoms with Crippen molar-refractivity contribution in [3.63, 3.8) is 0 Å². The first-order valence-electron chi connectivity index (χ1n) is 7.45. The fraction of sp³-hybridized carbons (Fsp3) is 0.100. The number of ether oxygens (including phenoxy) is 2. The van der Waals surface area contributed by atoms with Crippen LogP contribution < -0.4 is 0 Å². The number of carbonyl (C=O) groups excluding carboxylic acids is 2. The highest BCUT2D eigenvalue weighted by Crippen LogP contribution is 2.35. The lowest BCUT2D eigenvalue weighted by molar-refractivity contribution is 0.0556. The van der Waals surface area contributed by atoms with E-state index in [1.807, 2.05) is 54.6 Å². The molecule has 0 aliphatic carbocycles. The fourth-order valence-electron chi connectivity index (χ4n) is 2.84. The molecule has 3 rings (SSSR count). The molecule has 0 amide bonds. The molecule has 0 atom stereocenters. The van der Waals surface area contributed by atoms with Gasteiger partial charge in [-0.3, -0.25) is 0 Å². The van der Waals surface area contributed by atoms with Gasteiger partial charge in [0.2, 0.25) is 0 Å². The average Bonchev–Trinajstić information content (AvgIpc) is 2.65. The summed E-state index contributed by atoms with van der Waals surface area (Å²) in [6, 6.07) is 18.7. The summed E-state index contributed by atoms with van der Waals surface area (Å²) in [7, 11) is 2.59. The molecule has 3 aromatic carbocycles. The Bertz CT molecular complexity index is 914. The van der Waals surface area contributed by atoms with Crippen molar-refractivity contribution in [2.24, 2.45) is 0 Å². The van der Waals surface area contributed by atoms with Crippen LogP contribution >= 0.6 is 0 Å². The van der Waals surface area contributed by atoms with Crippen molar-refractivity contribution in [1.29, 1.82) is 0 Å². The normalized spacial score (nSPS) is 10.4. The van der Waals surface area contributed by atoms with Gasteiger partial charge < -0.3 is 9.47 Å². The Morgan fingerprint density at radius 3 is 2.08 bits per heavy atom. The van der Waals surface area contributed by atoms with Crippen molar-refractivity contribution in [2.75, 3.05) is 14.2 Å². The Labute approximate surface area is 139 Å². The minimum absolute atomic E-state index is 0.196. The Hall–Kier alpha value is -3.14. The Morgan fingerprint density at radius 1 is 0.792 bits per heavy atom. The number of carbonyl (C=O) groups is 2. The number of methoxy groups -OCH3 is 2. The maximum Gasteiger partial charge on any atom is 0.339 e. The molecule has 120 valence electrons. The van der Waals surface area contributed by atoms with Crippen molar-refractivity contribution < 1.29 is 19.1 Å². The third-order valence-corrected chi connectivity index (χ3v) is 3.91. The van der Waals surface area contributed by atoms with Crippen molar-refractivity contribution in [1.82, 2.24) is 0 Å². The van der Waals surface area contributed by atoms with Crippen LogP contribution in [0.15, 0.2) is 60.7 Å². The van der Waals surface area contributed by atoms with E-state index in [1.165, 1.54) is 14.2 Å². The van der Waals surface area contributed by atoms with E-state index in [1.54, 1.807) is 6.07 Å². The van der Waals surface area contributed by atoms with Crippen molar-refractivity contribution >= 4 is 22.7 Å². The van der Waals surface area contributed by atoms with Crippen LogP contribution in [-0.2, 0) is 9.47 Å². The minimum atomic E-state index is -0.571. The van der Waals surface area contributed by atoms with Crippen LogP contribution in [0.1, 0.15) is 20.7 Å². The van der Waals surface area contributed by atoms with Crippen molar-refractivity contribution in [3.05, 3.63) is 71.8 Å². The molecule has 0 aliphatic rings. The second-order valence-electron chi connectivity index (χ2n) is 5.24. The lowest BCUT2D eigenvalue weighted by atomic mass is 9.89. The summed E-state index contributed by atoms with van der Waals surface area (Å²) in [6.07, 6.45) is 0. The number of rotatable bonds is 3. The van der Waals surface area contributed by atoms with E-state index in [-0.39, 0.29) is 11.1 Å².